The molecule has 0 radical (unpaired) electrons. The van der Waals surface area contributed by atoms with E-state index in [-0.39, 0.29) is 17.9 Å². The maximum atomic E-state index is 13.4. The van der Waals surface area contributed by atoms with E-state index in [0.717, 1.165) is 12.2 Å². The summed E-state index contributed by atoms with van der Waals surface area (Å²) in [5, 5.41) is 0. The summed E-state index contributed by atoms with van der Waals surface area (Å²) in [5.41, 5.74) is 2.17. The number of benzene rings is 3. The summed E-state index contributed by atoms with van der Waals surface area (Å²) in [5.74, 6) is -0.0674. The number of hydrogen-bond donors (Lipinski definition) is 0. The van der Waals surface area contributed by atoms with Crippen LogP contribution in [-0.4, -0.2) is 31.1 Å². The molecule has 0 spiro atoms. The molecule has 1 atom stereocenters. The molecular formula is C24H21NO4. The number of hydrogen-bond acceptors (Lipinski definition) is 4. The van der Waals surface area contributed by atoms with E-state index >= 15 is 0 Å². The van der Waals surface area contributed by atoms with Crippen molar-refractivity contribution < 1.29 is 19.1 Å². The minimum absolute atomic E-state index is 0.161. The van der Waals surface area contributed by atoms with Crippen molar-refractivity contribution in [3.05, 3.63) is 95.6 Å². The molecular weight excluding hydrogens is 366 g/mol. The second kappa shape index (κ2) is 8.29. The molecule has 5 heteroatoms. The zero-order chi connectivity index (χ0) is 20.2. The highest BCUT2D eigenvalue weighted by atomic mass is 16.6. The zero-order valence-corrected chi connectivity index (χ0v) is 16.1. The molecule has 3 aromatic carbocycles. The maximum Gasteiger partial charge on any atom is 0.265 e. The van der Waals surface area contributed by atoms with Gasteiger partial charge in [-0.2, -0.15) is 0 Å². The fraction of sp³-hybridized carbons (Fsp3) is 0.167. The van der Waals surface area contributed by atoms with E-state index in [1.165, 1.54) is 4.90 Å². The van der Waals surface area contributed by atoms with Crippen LogP contribution in [0.4, 0.5) is 5.69 Å². The summed E-state index contributed by atoms with van der Waals surface area (Å²) in [7, 11) is 0. The topological polar surface area (TPSA) is 59.1 Å². The predicted molar refractivity (Wildman–Crippen MR) is 110 cm³/mol. The Hall–Kier alpha value is -3.44. The first kappa shape index (κ1) is 18.9. The zero-order valence-electron chi connectivity index (χ0n) is 16.1. The second-order valence-corrected chi connectivity index (χ2v) is 6.89. The molecule has 3 aromatic rings. The van der Waals surface area contributed by atoms with Crippen LogP contribution in [0, 0.1) is 6.92 Å². The number of para-hydroxylation sites is 1. The van der Waals surface area contributed by atoms with Gasteiger partial charge in [0, 0.05) is 11.1 Å². The average Bonchev–Trinajstić information content (AvgIpc) is 3.58. The van der Waals surface area contributed by atoms with E-state index in [0.29, 0.717) is 29.2 Å². The molecule has 0 bridgehead atoms. The minimum atomic E-state index is -0.375. The van der Waals surface area contributed by atoms with Crippen molar-refractivity contribution in [3.63, 3.8) is 0 Å². The number of epoxide rings is 1. The van der Waals surface area contributed by atoms with Crippen molar-refractivity contribution >= 4 is 17.5 Å². The van der Waals surface area contributed by atoms with Crippen LogP contribution >= 0.6 is 0 Å². The fourth-order valence-corrected chi connectivity index (χ4v) is 3.05. The standard InChI is InChI=1S/C24H21NO4/c1-17-14-20(28-15-21-16-29-21)12-13-22(17)24(27)25(19-10-6-3-7-11-19)23(26)18-8-4-2-5-9-18/h2-14,21H,15-16H2,1H3. The summed E-state index contributed by atoms with van der Waals surface area (Å²) in [6.07, 6.45) is 0.161. The maximum absolute atomic E-state index is 13.4. The molecule has 0 aromatic heterocycles. The number of amides is 2. The molecule has 29 heavy (non-hydrogen) atoms. The van der Waals surface area contributed by atoms with Crippen LogP contribution < -0.4 is 9.64 Å². The molecule has 4 rings (SSSR count). The third-order valence-electron chi connectivity index (χ3n) is 4.71. The van der Waals surface area contributed by atoms with Crippen LogP contribution in [0.25, 0.3) is 0 Å². The highest BCUT2D eigenvalue weighted by Gasteiger charge is 2.27. The van der Waals surface area contributed by atoms with Crippen LogP contribution in [-0.2, 0) is 4.74 Å². The number of anilines is 1. The molecule has 0 saturated carbocycles. The van der Waals surface area contributed by atoms with Crippen LogP contribution in [0.3, 0.4) is 0 Å². The second-order valence-electron chi connectivity index (χ2n) is 6.89. The van der Waals surface area contributed by atoms with E-state index in [9.17, 15) is 9.59 Å². The van der Waals surface area contributed by atoms with Crippen LogP contribution in [0.2, 0.25) is 0 Å². The van der Waals surface area contributed by atoms with Gasteiger partial charge in [0.25, 0.3) is 11.8 Å². The van der Waals surface area contributed by atoms with E-state index < -0.39 is 0 Å². The van der Waals surface area contributed by atoms with Crippen molar-refractivity contribution in [1.29, 1.82) is 0 Å². The molecule has 1 fully saturated rings. The lowest BCUT2D eigenvalue weighted by Crippen LogP contribution is -2.37. The number of nitrogens with zero attached hydrogens (tertiary/aromatic N) is 1. The van der Waals surface area contributed by atoms with Crippen molar-refractivity contribution in [2.24, 2.45) is 0 Å². The lowest BCUT2D eigenvalue weighted by molar-refractivity contribution is 0.0897. The number of ether oxygens (including phenoxy) is 2. The van der Waals surface area contributed by atoms with Crippen LogP contribution in [0.1, 0.15) is 26.3 Å². The SMILES string of the molecule is Cc1cc(OCC2CO2)ccc1C(=O)N(C(=O)c1ccccc1)c1ccccc1. The van der Waals surface area contributed by atoms with E-state index in [1.807, 2.05) is 25.1 Å². The minimum Gasteiger partial charge on any atom is -0.491 e. The van der Waals surface area contributed by atoms with E-state index in [2.05, 4.69) is 0 Å². The molecule has 146 valence electrons. The van der Waals surface area contributed by atoms with Crippen LogP contribution in [0.15, 0.2) is 78.9 Å². The average molecular weight is 387 g/mol. The molecule has 0 N–H and O–H groups in total. The molecule has 2 amide bonds. The summed E-state index contributed by atoms with van der Waals surface area (Å²) >= 11 is 0. The van der Waals surface area contributed by atoms with Gasteiger partial charge in [0.15, 0.2) is 0 Å². The van der Waals surface area contributed by atoms with Gasteiger partial charge < -0.3 is 9.47 Å². The first-order valence-corrected chi connectivity index (χ1v) is 9.47. The van der Waals surface area contributed by atoms with Gasteiger partial charge >= 0.3 is 0 Å². The van der Waals surface area contributed by atoms with Gasteiger partial charge in [0.05, 0.1) is 12.3 Å². The van der Waals surface area contributed by atoms with Crippen molar-refractivity contribution in [1.82, 2.24) is 0 Å². The smallest absolute Gasteiger partial charge is 0.265 e. The highest BCUT2D eigenvalue weighted by Crippen LogP contribution is 2.24. The third kappa shape index (κ3) is 4.36. The molecule has 1 saturated heterocycles. The Morgan fingerprint density at radius 1 is 0.966 bits per heavy atom. The fourth-order valence-electron chi connectivity index (χ4n) is 3.05. The number of carbonyl (C=O) groups is 2. The largest absolute Gasteiger partial charge is 0.491 e. The Morgan fingerprint density at radius 2 is 1.62 bits per heavy atom. The van der Waals surface area contributed by atoms with Gasteiger partial charge in [-0.15, -0.1) is 0 Å². The number of carbonyl (C=O) groups excluding carboxylic acids is 2. The van der Waals surface area contributed by atoms with E-state index in [1.54, 1.807) is 60.7 Å². The van der Waals surface area contributed by atoms with Gasteiger partial charge in [-0.25, -0.2) is 4.90 Å². The van der Waals surface area contributed by atoms with Gasteiger partial charge in [0.1, 0.15) is 18.5 Å². The third-order valence-corrected chi connectivity index (χ3v) is 4.71. The quantitative estimate of drug-likeness (QED) is 0.468. The molecule has 5 nitrogen and oxygen atoms in total. The molecule has 1 aliphatic heterocycles. The van der Waals surface area contributed by atoms with Gasteiger partial charge in [0.2, 0.25) is 0 Å². The normalized spacial score (nSPS) is 14.9. The van der Waals surface area contributed by atoms with Crippen molar-refractivity contribution in [2.45, 2.75) is 13.0 Å². The first-order valence-electron chi connectivity index (χ1n) is 9.47. The van der Waals surface area contributed by atoms with Crippen molar-refractivity contribution in [3.8, 4) is 5.75 Å². The predicted octanol–water partition coefficient (Wildman–Crippen LogP) is 4.26. The Labute approximate surface area is 169 Å². The Balaban J connectivity index is 1.65. The summed E-state index contributed by atoms with van der Waals surface area (Å²) < 4.78 is 10.8. The Kier molecular flexibility index (Phi) is 5.40. The Morgan fingerprint density at radius 3 is 2.24 bits per heavy atom. The molecule has 0 aliphatic carbocycles. The van der Waals surface area contributed by atoms with Crippen LogP contribution in [0.5, 0.6) is 5.75 Å². The lowest BCUT2D eigenvalue weighted by Gasteiger charge is -2.22. The van der Waals surface area contributed by atoms with E-state index in [4.69, 9.17) is 9.47 Å². The van der Waals surface area contributed by atoms with Gasteiger partial charge in [-0.1, -0.05) is 36.4 Å². The Bertz CT molecular complexity index is 1010. The highest BCUT2D eigenvalue weighted by molar-refractivity contribution is 6.26. The summed E-state index contributed by atoms with van der Waals surface area (Å²) in [4.78, 5) is 27.8. The molecule has 1 unspecified atom stereocenters. The molecule has 1 heterocycles. The monoisotopic (exact) mass is 387 g/mol. The summed E-state index contributed by atoms with van der Waals surface area (Å²) in [6, 6.07) is 23.0. The molecule has 1 aliphatic rings. The first-order chi connectivity index (χ1) is 14.1. The number of rotatable bonds is 6. The lowest BCUT2D eigenvalue weighted by atomic mass is 10.1. The van der Waals surface area contributed by atoms with Gasteiger partial charge in [-0.3, -0.25) is 9.59 Å². The van der Waals surface area contributed by atoms with Crippen molar-refractivity contribution in [2.75, 3.05) is 18.1 Å². The summed E-state index contributed by atoms with van der Waals surface area (Å²) in [6.45, 7) is 3.06. The number of aryl methyl sites for hydroxylation is 1. The van der Waals surface area contributed by atoms with Gasteiger partial charge in [-0.05, 0) is 55.0 Å². The number of imide groups is 1.